The van der Waals surface area contributed by atoms with Crippen LogP contribution in [0.5, 0.6) is 0 Å². The number of carbonyl (C=O) groups excluding carboxylic acids is 1. The molecule has 3 aromatic rings. The molecule has 22 heavy (non-hydrogen) atoms. The molecule has 3 rings (SSSR count). The first kappa shape index (κ1) is 14.0. The molecule has 112 valence electrons. The van der Waals surface area contributed by atoms with E-state index in [2.05, 4.69) is 15.4 Å². The van der Waals surface area contributed by atoms with Gasteiger partial charge in [-0.15, -0.1) is 5.10 Å². The Hall–Kier alpha value is -2.96. The average molecular weight is 297 g/mol. The number of aryl methyl sites for hydroxylation is 1. The summed E-state index contributed by atoms with van der Waals surface area (Å²) in [5.41, 5.74) is 2.13. The Labute approximate surface area is 126 Å². The molecule has 1 amide bonds. The van der Waals surface area contributed by atoms with Gasteiger partial charge in [-0.25, -0.2) is 9.48 Å². The minimum Gasteiger partial charge on any atom is -0.350 e. The molecule has 0 aliphatic carbocycles. The van der Waals surface area contributed by atoms with Crippen LogP contribution < -0.4 is 11.0 Å². The number of rotatable bonds is 4. The molecule has 0 aromatic carbocycles. The molecule has 1 N–H and O–H groups in total. The number of carbonyl (C=O) groups is 1. The van der Waals surface area contributed by atoms with E-state index < -0.39 is 0 Å². The van der Waals surface area contributed by atoms with Gasteiger partial charge in [-0.1, -0.05) is 12.1 Å². The third-order valence-electron chi connectivity index (χ3n) is 3.20. The minimum atomic E-state index is -0.331. The lowest BCUT2D eigenvalue weighted by atomic mass is 10.2. The minimum absolute atomic E-state index is 0.111. The average Bonchev–Trinajstić information content (AvgIpc) is 2.82. The van der Waals surface area contributed by atoms with E-state index in [1.54, 1.807) is 36.8 Å². The molecule has 0 saturated heterocycles. The van der Waals surface area contributed by atoms with Crippen LogP contribution in [0.15, 0.2) is 47.7 Å². The summed E-state index contributed by atoms with van der Waals surface area (Å²) in [4.78, 5) is 28.1. The summed E-state index contributed by atoms with van der Waals surface area (Å²) in [5.74, 6) is -0.271. The number of pyridine rings is 2. The lowest BCUT2D eigenvalue weighted by molar-refractivity contribution is -0.122. The Morgan fingerprint density at radius 1 is 1.32 bits per heavy atom. The van der Waals surface area contributed by atoms with Gasteiger partial charge in [0.15, 0.2) is 5.65 Å². The van der Waals surface area contributed by atoms with Gasteiger partial charge in [-0.05, 0) is 30.2 Å². The topological polar surface area (TPSA) is 81.3 Å². The highest BCUT2D eigenvalue weighted by Crippen LogP contribution is 2.00. The maximum absolute atomic E-state index is 12.1. The molecule has 0 fully saturated rings. The first-order chi connectivity index (χ1) is 10.6. The number of fused-ring (bicyclic) bond motifs is 1. The molecule has 7 nitrogen and oxygen atoms in total. The Kier molecular flexibility index (Phi) is 3.69. The number of hydrogen-bond acceptors (Lipinski definition) is 4. The molecule has 0 saturated carbocycles. The monoisotopic (exact) mass is 297 g/mol. The normalized spacial score (nSPS) is 10.8. The van der Waals surface area contributed by atoms with E-state index in [-0.39, 0.29) is 18.1 Å². The fourth-order valence-corrected chi connectivity index (χ4v) is 2.18. The van der Waals surface area contributed by atoms with Crippen molar-refractivity contribution in [3.05, 3.63) is 64.5 Å². The van der Waals surface area contributed by atoms with Gasteiger partial charge >= 0.3 is 5.69 Å². The largest absolute Gasteiger partial charge is 0.350 e. The van der Waals surface area contributed by atoms with Gasteiger partial charge in [0.25, 0.3) is 0 Å². The number of hydrogen-bond donors (Lipinski definition) is 1. The molecule has 0 spiro atoms. The molecule has 0 atom stereocenters. The molecular weight excluding hydrogens is 282 g/mol. The van der Waals surface area contributed by atoms with Gasteiger partial charge in [0.1, 0.15) is 6.54 Å². The van der Waals surface area contributed by atoms with Crippen molar-refractivity contribution in [3.63, 3.8) is 0 Å². The summed E-state index contributed by atoms with van der Waals surface area (Å²) in [6, 6.07) is 7.20. The number of aromatic nitrogens is 4. The lowest BCUT2D eigenvalue weighted by Crippen LogP contribution is -2.32. The first-order valence-electron chi connectivity index (χ1n) is 6.85. The lowest BCUT2D eigenvalue weighted by Gasteiger charge is -2.05. The van der Waals surface area contributed by atoms with Gasteiger partial charge in [0.05, 0.1) is 0 Å². The fraction of sp³-hybridized carbons (Fsp3) is 0.200. The van der Waals surface area contributed by atoms with E-state index in [9.17, 15) is 9.59 Å². The van der Waals surface area contributed by atoms with Crippen LogP contribution in [-0.2, 0) is 17.9 Å². The van der Waals surface area contributed by atoms with Crippen molar-refractivity contribution < 1.29 is 4.79 Å². The van der Waals surface area contributed by atoms with Crippen LogP contribution >= 0.6 is 0 Å². The highest BCUT2D eigenvalue weighted by Gasteiger charge is 2.10. The van der Waals surface area contributed by atoms with Crippen molar-refractivity contribution >= 4 is 11.6 Å². The third kappa shape index (κ3) is 2.88. The van der Waals surface area contributed by atoms with E-state index in [1.807, 2.05) is 13.0 Å². The van der Waals surface area contributed by atoms with Crippen LogP contribution in [0.3, 0.4) is 0 Å². The van der Waals surface area contributed by atoms with Crippen LogP contribution in [0.1, 0.15) is 11.1 Å². The highest BCUT2D eigenvalue weighted by molar-refractivity contribution is 5.75. The quantitative estimate of drug-likeness (QED) is 0.761. The van der Waals surface area contributed by atoms with Crippen molar-refractivity contribution in [2.24, 2.45) is 0 Å². The Morgan fingerprint density at radius 3 is 2.95 bits per heavy atom. The van der Waals surface area contributed by atoms with E-state index >= 15 is 0 Å². The fourth-order valence-electron chi connectivity index (χ4n) is 2.18. The van der Waals surface area contributed by atoms with Gasteiger partial charge in [-0.3, -0.25) is 14.2 Å². The SMILES string of the molecule is Cc1cncc(CNC(=O)Cn2nc3ccccn3c2=O)c1. The van der Waals surface area contributed by atoms with Crippen LogP contribution in [0.4, 0.5) is 0 Å². The van der Waals surface area contributed by atoms with Crippen molar-refractivity contribution in [2.45, 2.75) is 20.0 Å². The molecule has 7 heteroatoms. The predicted molar refractivity (Wildman–Crippen MR) is 80.3 cm³/mol. The third-order valence-corrected chi connectivity index (χ3v) is 3.20. The second-order valence-corrected chi connectivity index (χ2v) is 5.02. The Bertz CT molecular complexity index is 881. The van der Waals surface area contributed by atoms with Gasteiger partial charge < -0.3 is 5.32 Å². The summed E-state index contributed by atoms with van der Waals surface area (Å²) in [5, 5.41) is 6.87. The molecule has 3 aromatic heterocycles. The summed E-state index contributed by atoms with van der Waals surface area (Å²) >= 11 is 0. The summed E-state index contributed by atoms with van der Waals surface area (Å²) in [7, 11) is 0. The smallest absolute Gasteiger partial charge is 0.350 e. The molecule has 0 aliphatic heterocycles. The molecular formula is C15H15N5O2. The molecule has 0 aliphatic rings. The molecule has 0 unspecified atom stereocenters. The summed E-state index contributed by atoms with van der Waals surface area (Å²) in [6.45, 7) is 2.20. The van der Waals surface area contributed by atoms with Crippen molar-refractivity contribution in [2.75, 3.05) is 0 Å². The number of nitrogens with one attached hydrogen (secondary N) is 1. The zero-order valence-corrected chi connectivity index (χ0v) is 12.1. The Morgan fingerprint density at radius 2 is 2.18 bits per heavy atom. The Balaban J connectivity index is 1.68. The van der Waals surface area contributed by atoms with Gasteiger partial charge in [-0.2, -0.15) is 0 Å². The summed E-state index contributed by atoms with van der Waals surface area (Å²) < 4.78 is 2.55. The second-order valence-electron chi connectivity index (χ2n) is 5.02. The zero-order valence-electron chi connectivity index (χ0n) is 12.1. The van der Waals surface area contributed by atoms with Crippen LogP contribution in [0, 0.1) is 6.92 Å². The van der Waals surface area contributed by atoms with Crippen LogP contribution in [0.2, 0.25) is 0 Å². The van der Waals surface area contributed by atoms with E-state index in [0.29, 0.717) is 12.2 Å². The number of amides is 1. The van der Waals surface area contributed by atoms with E-state index in [4.69, 9.17) is 0 Å². The molecule has 0 radical (unpaired) electrons. The highest BCUT2D eigenvalue weighted by atomic mass is 16.2. The van der Waals surface area contributed by atoms with Gasteiger partial charge in [0.2, 0.25) is 5.91 Å². The predicted octanol–water partition coefficient (Wildman–Crippen LogP) is 0.516. The maximum atomic E-state index is 12.1. The van der Waals surface area contributed by atoms with E-state index in [1.165, 1.54) is 4.40 Å². The number of nitrogens with zero attached hydrogens (tertiary/aromatic N) is 4. The van der Waals surface area contributed by atoms with Crippen molar-refractivity contribution in [1.82, 2.24) is 24.5 Å². The molecule has 0 bridgehead atoms. The van der Waals surface area contributed by atoms with Crippen molar-refractivity contribution in [3.8, 4) is 0 Å². The van der Waals surface area contributed by atoms with Crippen molar-refractivity contribution in [1.29, 1.82) is 0 Å². The second kappa shape index (κ2) is 5.80. The van der Waals surface area contributed by atoms with Gasteiger partial charge in [0, 0.05) is 25.1 Å². The van der Waals surface area contributed by atoms with E-state index in [0.717, 1.165) is 15.8 Å². The molecule has 3 heterocycles. The standard InChI is InChI=1S/C15H15N5O2/c1-11-6-12(8-16-7-11)9-17-14(21)10-20-15(22)19-5-3-2-4-13(19)18-20/h2-8H,9-10H2,1H3,(H,17,21). The maximum Gasteiger partial charge on any atom is 0.350 e. The zero-order chi connectivity index (χ0) is 15.5. The summed E-state index contributed by atoms with van der Waals surface area (Å²) in [6.07, 6.45) is 5.07. The van der Waals surface area contributed by atoms with Crippen LogP contribution in [0.25, 0.3) is 5.65 Å². The van der Waals surface area contributed by atoms with Crippen LogP contribution in [-0.4, -0.2) is 25.1 Å². The first-order valence-corrected chi connectivity index (χ1v) is 6.85.